The third-order valence-electron chi connectivity index (χ3n) is 4.12. The lowest BCUT2D eigenvalue weighted by Crippen LogP contribution is -2.24. The van der Waals surface area contributed by atoms with Gasteiger partial charge in [0.25, 0.3) is 10.0 Å². The average Bonchev–Trinajstić information content (AvgIpc) is 3.14. The van der Waals surface area contributed by atoms with Gasteiger partial charge < -0.3 is 0 Å². The summed E-state index contributed by atoms with van der Waals surface area (Å²) in [6.07, 6.45) is 4.82. The fourth-order valence-electron chi connectivity index (χ4n) is 2.70. The molecule has 142 valence electrons. The lowest BCUT2D eigenvalue weighted by molar-refractivity contribution is 0.496. The molecule has 0 amide bonds. The van der Waals surface area contributed by atoms with Gasteiger partial charge >= 0.3 is 0 Å². The molecule has 3 aromatic heterocycles. The van der Waals surface area contributed by atoms with E-state index in [2.05, 4.69) is 24.9 Å². The van der Waals surface area contributed by atoms with Crippen LogP contribution in [0.4, 0.5) is 8.78 Å². The van der Waals surface area contributed by atoms with E-state index in [1.165, 1.54) is 12.1 Å². The molecule has 28 heavy (non-hydrogen) atoms. The van der Waals surface area contributed by atoms with Crippen molar-refractivity contribution in [1.82, 2.24) is 24.9 Å². The zero-order valence-corrected chi connectivity index (χ0v) is 15.0. The van der Waals surface area contributed by atoms with Gasteiger partial charge in [-0.15, -0.1) is 0 Å². The number of hydrogen-bond acceptors (Lipinski definition) is 5. The van der Waals surface area contributed by atoms with Gasteiger partial charge in [-0.3, -0.25) is 10.1 Å². The second-order valence-electron chi connectivity index (χ2n) is 5.93. The van der Waals surface area contributed by atoms with E-state index in [4.69, 9.17) is 0 Å². The summed E-state index contributed by atoms with van der Waals surface area (Å²) in [5, 5.41) is 6.39. The van der Waals surface area contributed by atoms with Crippen LogP contribution in [0.3, 0.4) is 0 Å². The van der Waals surface area contributed by atoms with Gasteiger partial charge in [0.15, 0.2) is 17.3 Å². The minimum absolute atomic E-state index is 0.113. The van der Waals surface area contributed by atoms with Crippen LogP contribution in [-0.2, 0) is 16.6 Å². The number of rotatable bonds is 5. The van der Waals surface area contributed by atoms with Crippen LogP contribution in [0.25, 0.3) is 22.2 Å². The summed E-state index contributed by atoms with van der Waals surface area (Å²) >= 11 is 0. The van der Waals surface area contributed by atoms with Gasteiger partial charge in [0.2, 0.25) is 5.03 Å². The van der Waals surface area contributed by atoms with Crippen molar-refractivity contribution in [3.63, 3.8) is 0 Å². The first kappa shape index (κ1) is 18.1. The molecule has 1 aromatic carbocycles. The van der Waals surface area contributed by atoms with E-state index in [-0.39, 0.29) is 21.6 Å². The largest absolute Gasteiger partial charge is 0.264 e. The first-order valence-electron chi connectivity index (χ1n) is 8.13. The Morgan fingerprint density at radius 1 is 1.07 bits per heavy atom. The first-order valence-corrected chi connectivity index (χ1v) is 9.61. The molecule has 0 atom stereocenters. The lowest BCUT2D eigenvalue weighted by Gasteiger charge is -2.07. The van der Waals surface area contributed by atoms with Crippen LogP contribution in [0, 0.1) is 11.6 Å². The Bertz CT molecular complexity index is 1260. The SMILES string of the molecule is O=S(=O)(NCc1cccc(F)c1F)c1n[nH]c2ncc(-c3cccnc3)cc12. The number of H-pyrrole nitrogens is 1. The van der Waals surface area contributed by atoms with Crippen LogP contribution in [0.2, 0.25) is 0 Å². The Hall–Kier alpha value is -3.24. The topological polar surface area (TPSA) is 101 Å². The van der Waals surface area contributed by atoms with Gasteiger partial charge in [0.05, 0.1) is 5.39 Å². The highest BCUT2D eigenvalue weighted by molar-refractivity contribution is 7.89. The van der Waals surface area contributed by atoms with E-state index in [1.807, 2.05) is 6.07 Å². The Balaban J connectivity index is 1.68. The number of pyridine rings is 2. The predicted octanol–water partition coefficient (Wildman–Crippen LogP) is 2.78. The molecule has 2 N–H and O–H groups in total. The predicted molar refractivity (Wildman–Crippen MR) is 97.5 cm³/mol. The second kappa shape index (κ2) is 7.06. The third kappa shape index (κ3) is 3.35. The minimum Gasteiger partial charge on any atom is -0.264 e. The Kier molecular flexibility index (Phi) is 4.57. The van der Waals surface area contributed by atoms with Crippen molar-refractivity contribution in [3.05, 3.63) is 72.2 Å². The quantitative estimate of drug-likeness (QED) is 0.536. The number of fused-ring (bicyclic) bond motifs is 1. The van der Waals surface area contributed by atoms with Crippen LogP contribution in [0.15, 0.2) is 60.0 Å². The maximum atomic E-state index is 13.8. The number of sulfonamides is 1. The Morgan fingerprint density at radius 3 is 2.71 bits per heavy atom. The molecular weight excluding hydrogens is 388 g/mol. The highest BCUT2D eigenvalue weighted by Gasteiger charge is 2.23. The molecule has 0 saturated heterocycles. The highest BCUT2D eigenvalue weighted by atomic mass is 32.2. The summed E-state index contributed by atoms with van der Waals surface area (Å²) in [5.41, 5.74) is 1.59. The van der Waals surface area contributed by atoms with Crippen molar-refractivity contribution in [2.45, 2.75) is 11.6 Å². The molecule has 4 aromatic rings. The van der Waals surface area contributed by atoms with E-state index in [0.29, 0.717) is 5.56 Å². The van der Waals surface area contributed by atoms with Crippen molar-refractivity contribution < 1.29 is 17.2 Å². The molecule has 0 aliphatic heterocycles. The zero-order chi connectivity index (χ0) is 19.7. The number of nitrogens with one attached hydrogen (secondary N) is 2. The molecule has 0 radical (unpaired) electrons. The van der Waals surface area contributed by atoms with Gasteiger partial charge in [0.1, 0.15) is 0 Å². The third-order valence-corrected chi connectivity index (χ3v) is 5.46. The van der Waals surface area contributed by atoms with Gasteiger partial charge in [-0.1, -0.05) is 18.2 Å². The molecule has 10 heteroatoms. The molecular formula is C18H13F2N5O2S. The fourth-order valence-corrected chi connectivity index (χ4v) is 3.80. The van der Waals surface area contributed by atoms with E-state index in [1.54, 1.807) is 30.7 Å². The van der Waals surface area contributed by atoms with E-state index in [0.717, 1.165) is 11.6 Å². The standard InChI is InChI=1S/C18H13F2N5O2S/c19-15-5-1-3-12(16(15)20)10-23-28(26,27)18-14-7-13(9-22-17(14)24-25-18)11-4-2-6-21-8-11/h1-9,23H,10H2,(H,22,24,25). The summed E-state index contributed by atoms with van der Waals surface area (Å²) < 4.78 is 54.7. The summed E-state index contributed by atoms with van der Waals surface area (Å²) in [6, 6.07) is 8.75. The summed E-state index contributed by atoms with van der Waals surface area (Å²) in [4.78, 5) is 8.22. The molecule has 0 bridgehead atoms. The number of aromatic amines is 1. The van der Waals surface area contributed by atoms with Crippen LogP contribution in [0.1, 0.15) is 5.56 Å². The monoisotopic (exact) mass is 401 g/mol. The van der Waals surface area contributed by atoms with Crippen molar-refractivity contribution in [3.8, 4) is 11.1 Å². The van der Waals surface area contributed by atoms with Crippen LogP contribution in [-0.4, -0.2) is 28.6 Å². The zero-order valence-electron chi connectivity index (χ0n) is 14.2. The van der Waals surface area contributed by atoms with Crippen LogP contribution < -0.4 is 4.72 Å². The number of nitrogens with zero attached hydrogens (tertiary/aromatic N) is 3. The number of benzene rings is 1. The van der Waals surface area contributed by atoms with Crippen molar-refractivity contribution in [2.24, 2.45) is 0 Å². The van der Waals surface area contributed by atoms with Crippen LogP contribution in [0.5, 0.6) is 0 Å². The normalized spacial score (nSPS) is 11.8. The van der Waals surface area contributed by atoms with Gasteiger partial charge in [-0.2, -0.15) is 5.10 Å². The smallest absolute Gasteiger partial charge is 0.260 e. The number of aromatic nitrogens is 4. The molecule has 0 spiro atoms. The summed E-state index contributed by atoms with van der Waals surface area (Å²) in [7, 11) is -4.11. The highest BCUT2D eigenvalue weighted by Crippen LogP contribution is 2.25. The molecule has 3 heterocycles. The molecule has 0 saturated carbocycles. The van der Waals surface area contributed by atoms with Gasteiger partial charge in [-0.05, 0) is 18.2 Å². The lowest BCUT2D eigenvalue weighted by atomic mass is 10.1. The maximum absolute atomic E-state index is 13.8. The molecule has 0 unspecified atom stereocenters. The van der Waals surface area contributed by atoms with Gasteiger partial charge in [-0.25, -0.2) is 26.9 Å². The van der Waals surface area contributed by atoms with Gasteiger partial charge in [0, 0.05) is 41.8 Å². The fraction of sp³-hybridized carbons (Fsp3) is 0.0556. The Labute approximate surface area is 158 Å². The van der Waals surface area contributed by atoms with E-state index in [9.17, 15) is 17.2 Å². The molecule has 0 aliphatic carbocycles. The first-order chi connectivity index (χ1) is 13.5. The van der Waals surface area contributed by atoms with Crippen molar-refractivity contribution in [1.29, 1.82) is 0 Å². The van der Waals surface area contributed by atoms with E-state index >= 15 is 0 Å². The van der Waals surface area contributed by atoms with Crippen molar-refractivity contribution in [2.75, 3.05) is 0 Å². The number of hydrogen-bond donors (Lipinski definition) is 2. The van der Waals surface area contributed by atoms with E-state index < -0.39 is 28.2 Å². The molecule has 4 rings (SSSR count). The summed E-state index contributed by atoms with van der Waals surface area (Å²) in [5.74, 6) is -2.15. The molecule has 7 nitrogen and oxygen atoms in total. The second-order valence-corrected chi connectivity index (χ2v) is 7.61. The maximum Gasteiger partial charge on any atom is 0.260 e. The summed E-state index contributed by atoms with van der Waals surface area (Å²) in [6.45, 7) is -0.421. The number of halogens is 2. The van der Waals surface area contributed by atoms with Crippen LogP contribution >= 0.6 is 0 Å². The Morgan fingerprint density at radius 2 is 1.93 bits per heavy atom. The molecule has 0 fully saturated rings. The van der Waals surface area contributed by atoms with Crippen molar-refractivity contribution >= 4 is 21.1 Å². The minimum atomic E-state index is -4.11. The molecule has 0 aliphatic rings. The average molecular weight is 401 g/mol.